The van der Waals surface area contributed by atoms with Gasteiger partial charge in [-0.25, -0.2) is 0 Å². The minimum atomic E-state index is 0.579. The number of hydrogen-bond acceptors (Lipinski definition) is 8. The number of aromatic nitrogens is 5. The van der Waals surface area contributed by atoms with Crippen LogP contribution in [-0.4, -0.2) is 69.3 Å². The highest BCUT2D eigenvalue weighted by Crippen LogP contribution is 2.39. The molecule has 3 aromatic rings. The molecule has 0 aliphatic carbocycles. The van der Waals surface area contributed by atoms with Crippen LogP contribution in [0, 0.1) is 0 Å². The van der Waals surface area contributed by atoms with Gasteiger partial charge in [-0.15, -0.1) is 11.3 Å². The Morgan fingerprint density at radius 2 is 2.08 bits per heavy atom. The van der Waals surface area contributed by atoms with Crippen LogP contribution >= 0.6 is 11.3 Å². The molecule has 126 valence electrons. The Balaban J connectivity index is 1.75. The second kappa shape index (κ2) is 5.61. The Kier molecular flexibility index (Phi) is 3.39. The summed E-state index contributed by atoms with van der Waals surface area (Å²) in [5.74, 6) is 1.60. The first-order valence-corrected chi connectivity index (χ1v) is 9.24. The van der Waals surface area contributed by atoms with Crippen LogP contribution in [0.3, 0.4) is 0 Å². The van der Waals surface area contributed by atoms with Gasteiger partial charge in [0.05, 0.1) is 18.6 Å². The molecule has 0 N–H and O–H groups in total. The number of hydrogen-bond donors (Lipinski definition) is 0. The van der Waals surface area contributed by atoms with E-state index in [1.165, 1.54) is 15.8 Å². The van der Waals surface area contributed by atoms with Gasteiger partial charge in [0.15, 0.2) is 0 Å². The number of morpholine rings is 1. The van der Waals surface area contributed by atoms with Gasteiger partial charge in [-0.2, -0.15) is 9.50 Å². The summed E-state index contributed by atoms with van der Waals surface area (Å²) in [6.45, 7) is 8.64. The SMILES string of the molecule is CCN1CCc2c(sc3c2c(N2CCOCC2)nc2nnnn23)C1. The number of thiophene rings is 1. The highest BCUT2D eigenvalue weighted by Gasteiger charge is 2.27. The van der Waals surface area contributed by atoms with Crippen LogP contribution in [0.15, 0.2) is 0 Å². The van der Waals surface area contributed by atoms with Crippen LogP contribution in [0.2, 0.25) is 0 Å². The lowest BCUT2D eigenvalue weighted by molar-refractivity contribution is 0.122. The van der Waals surface area contributed by atoms with Crippen LogP contribution < -0.4 is 4.90 Å². The summed E-state index contributed by atoms with van der Waals surface area (Å²) < 4.78 is 7.30. The molecule has 0 radical (unpaired) electrons. The van der Waals surface area contributed by atoms with E-state index in [4.69, 9.17) is 9.72 Å². The highest BCUT2D eigenvalue weighted by molar-refractivity contribution is 7.19. The number of nitrogens with zero attached hydrogens (tertiary/aromatic N) is 7. The molecule has 8 nitrogen and oxygen atoms in total. The molecule has 0 spiro atoms. The van der Waals surface area contributed by atoms with E-state index in [-0.39, 0.29) is 0 Å². The maximum atomic E-state index is 5.51. The summed E-state index contributed by atoms with van der Waals surface area (Å²) in [5.41, 5.74) is 1.44. The molecule has 0 saturated carbocycles. The third-order valence-electron chi connectivity index (χ3n) is 4.95. The third kappa shape index (κ3) is 2.11. The van der Waals surface area contributed by atoms with Crippen molar-refractivity contribution < 1.29 is 4.74 Å². The molecular formula is C15H19N7OS. The predicted octanol–water partition coefficient (Wildman–Crippen LogP) is 0.949. The van der Waals surface area contributed by atoms with Gasteiger partial charge in [-0.3, -0.25) is 4.90 Å². The zero-order chi connectivity index (χ0) is 16.1. The fourth-order valence-corrected chi connectivity index (χ4v) is 4.96. The molecule has 0 atom stereocenters. The van der Waals surface area contributed by atoms with Gasteiger partial charge >= 0.3 is 0 Å². The second-order valence-electron chi connectivity index (χ2n) is 6.23. The van der Waals surface area contributed by atoms with E-state index in [9.17, 15) is 0 Å². The first-order chi connectivity index (χ1) is 11.8. The van der Waals surface area contributed by atoms with Crippen LogP contribution in [0.25, 0.3) is 16.0 Å². The summed E-state index contributed by atoms with van der Waals surface area (Å²) >= 11 is 1.81. The lowest BCUT2D eigenvalue weighted by Gasteiger charge is -2.29. The topological polar surface area (TPSA) is 71.7 Å². The van der Waals surface area contributed by atoms with Crippen molar-refractivity contribution >= 4 is 33.1 Å². The molecule has 5 heterocycles. The fourth-order valence-electron chi connectivity index (χ4n) is 3.63. The van der Waals surface area contributed by atoms with Gasteiger partial charge < -0.3 is 9.64 Å². The van der Waals surface area contributed by atoms with Crippen molar-refractivity contribution in [3.63, 3.8) is 0 Å². The molecular weight excluding hydrogens is 326 g/mol. The molecule has 0 bridgehead atoms. The number of likely N-dealkylation sites (N-methyl/N-ethyl adjacent to an activating group) is 1. The Morgan fingerprint density at radius 3 is 2.92 bits per heavy atom. The van der Waals surface area contributed by atoms with Gasteiger partial charge in [-0.05, 0) is 29.0 Å². The lowest BCUT2D eigenvalue weighted by atomic mass is 10.0. The second-order valence-corrected chi connectivity index (χ2v) is 7.31. The number of fused-ring (bicyclic) bond motifs is 5. The number of tetrazole rings is 1. The van der Waals surface area contributed by atoms with Crippen molar-refractivity contribution in [3.05, 3.63) is 10.4 Å². The number of rotatable bonds is 2. The van der Waals surface area contributed by atoms with Gasteiger partial charge in [0, 0.05) is 31.1 Å². The fraction of sp³-hybridized carbons (Fsp3) is 0.600. The summed E-state index contributed by atoms with van der Waals surface area (Å²) in [5, 5.41) is 13.3. The van der Waals surface area contributed by atoms with Crippen molar-refractivity contribution in [2.75, 3.05) is 44.3 Å². The predicted molar refractivity (Wildman–Crippen MR) is 91.6 cm³/mol. The van der Waals surface area contributed by atoms with E-state index in [0.717, 1.165) is 63.0 Å². The first-order valence-electron chi connectivity index (χ1n) is 8.42. The number of ether oxygens (including phenoxy) is 1. The molecule has 3 aromatic heterocycles. The molecule has 0 unspecified atom stereocenters. The van der Waals surface area contributed by atoms with Crippen molar-refractivity contribution in [1.29, 1.82) is 0 Å². The normalized spacial score (nSPS) is 19.3. The van der Waals surface area contributed by atoms with Gasteiger partial charge in [-0.1, -0.05) is 12.0 Å². The Morgan fingerprint density at radius 1 is 1.21 bits per heavy atom. The number of anilines is 1. The van der Waals surface area contributed by atoms with E-state index in [1.54, 1.807) is 4.52 Å². The molecule has 2 aliphatic heterocycles. The lowest BCUT2D eigenvalue weighted by Crippen LogP contribution is -2.37. The highest BCUT2D eigenvalue weighted by atomic mass is 32.1. The molecule has 0 aromatic carbocycles. The first kappa shape index (κ1) is 14.5. The monoisotopic (exact) mass is 345 g/mol. The van der Waals surface area contributed by atoms with Crippen LogP contribution in [0.4, 0.5) is 5.82 Å². The Bertz CT molecular complexity index is 898. The molecule has 9 heteroatoms. The summed E-state index contributed by atoms with van der Waals surface area (Å²) in [4.78, 5) is 12.1. The average Bonchev–Trinajstić information content (AvgIpc) is 3.25. The zero-order valence-electron chi connectivity index (χ0n) is 13.6. The van der Waals surface area contributed by atoms with E-state index in [2.05, 4.69) is 32.2 Å². The van der Waals surface area contributed by atoms with Crippen molar-refractivity contribution in [3.8, 4) is 0 Å². The quantitative estimate of drug-likeness (QED) is 0.685. The summed E-state index contributed by atoms with van der Waals surface area (Å²) in [6, 6.07) is 0. The largest absolute Gasteiger partial charge is 0.378 e. The van der Waals surface area contributed by atoms with Crippen LogP contribution in [-0.2, 0) is 17.7 Å². The summed E-state index contributed by atoms with van der Waals surface area (Å²) in [6.07, 6.45) is 1.07. The van der Waals surface area contributed by atoms with E-state index >= 15 is 0 Å². The third-order valence-corrected chi connectivity index (χ3v) is 6.14. The van der Waals surface area contributed by atoms with Crippen LogP contribution in [0.5, 0.6) is 0 Å². The standard InChI is InChI=1S/C15H19N7OS/c1-2-20-4-3-10-11(9-20)24-14-12(10)13(21-5-7-23-8-6-21)16-15-17-18-19-22(14)15/h2-9H2,1H3. The molecule has 24 heavy (non-hydrogen) atoms. The van der Waals surface area contributed by atoms with Gasteiger partial charge in [0.2, 0.25) is 0 Å². The van der Waals surface area contributed by atoms with Crippen molar-refractivity contribution in [2.45, 2.75) is 19.9 Å². The van der Waals surface area contributed by atoms with Gasteiger partial charge in [0.25, 0.3) is 5.78 Å². The van der Waals surface area contributed by atoms with E-state index in [1.807, 2.05) is 11.3 Å². The van der Waals surface area contributed by atoms with Crippen molar-refractivity contribution in [2.24, 2.45) is 0 Å². The smallest absolute Gasteiger partial charge is 0.276 e. The molecule has 2 aliphatic rings. The molecule has 0 amide bonds. The maximum absolute atomic E-state index is 5.51. The van der Waals surface area contributed by atoms with E-state index in [0.29, 0.717) is 5.78 Å². The van der Waals surface area contributed by atoms with Crippen LogP contribution in [0.1, 0.15) is 17.4 Å². The van der Waals surface area contributed by atoms with E-state index < -0.39 is 0 Å². The summed E-state index contributed by atoms with van der Waals surface area (Å²) in [7, 11) is 0. The van der Waals surface area contributed by atoms with Crippen molar-refractivity contribution in [1.82, 2.24) is 29.9 Å². The molecule has 1 fully saturated rings. The zero-order valence-corrected chi connectivity index (χ0v) is 14.4. The van der Waals surface area contributed by atoms with Gasteiger partial charge in [0.1, 0.15) is 10.6 Å². The Labute approximate surface area is 143 Å². The maximum Gasteiger partial charge on any atom is 0.276 e. The molecule has 5 rings (SSSR count). The Hall–Kier alpha value is -1.84. The average molecular weight is 345 g/mol. The minimum Gasteiger partial charge on any atom is -0.378 e. The molecule has 1 saturated heterocycles. The minimum absolute atomic E-state index is 0.579.